The van der Waals surface area contributed by atoms with E-state index in [0.717, 1.165) is 19.3 Å². The highest BCUT2D eigenvalue weighted by molar-refractivity contribution is 5.88. The first-order chi connectivity index (χ1) is 20.7. The maximum atomic E-state index is 13.2. The summed E-state index contributed by atoms with van der Waals surface area (Å²) in [6.07, 6.45) is 3.72. The quantitative estimate of drug-likeness (QED) is 0.100. The minimum Gasteiger partial charge on any atom is -0.394 e. The molecule has 3 heterocycles. The first-order valence-corrected chi connectivity index (χ1v) is 15.2. The van der Waals surface area contributed by atoms with E-state index in [9.17, 15) is 35.1 Å². The van der Waals surface area contributed by atoms with Gasteiger partial charge in [-0.3, -0.25) is 9.59 Å². The molecule has 0 spiro atoms. The zero-order chi connectivity index (χ0) is 31.4. The molecular formula is C28H47N7O8. The molecule has 15 nitrogen and oxygen atoms in total. The number of hydrogen-bond acceptors (Lipinski definition) is 12. The summed E-state index contributed by atoms with van der Waals surface area (Å²) in [7, 11) is 0. The Bertz CT molecular complexity index is 1140. The second-order valence-corrected chi connectivity index (χ2v) is 11.1. The van der Waals surface area contributed by atoms with E-state index in [-0.39, 0.29) is 12.2 Å². The van der Waals surface area contributed by atoms with Crippen LogP contribution < -0.4 is 16.0 Å². The highest BCUT2D eigenvalue weighted by Crippen LogP contribution is 2.26. The molecule has 0 saturated carbocycles. The summed E-state index contributed by atoms with van der Waals surface area (Å²) in [5.74, 6) is -1.07. The van der Waals surface area contributed by atoms with Gasteiger partial charge in [-0.25, -0.2) is 15.0 Å². The number of fused-ring (bicyclic) bond motifs is 1. The van der Waals surface area contributed by atoms with Crippen LogP contribution in [-0.4, -0.2) is 113 Å². The highest BCUT2D eigenvalue weighted by Gasteiger charge is 2.48. The zero-order valence-electron chi connectivity index (χ0n) is 24.9. The van der Waals surface area contributed by atoms with Crippen LogP contribution in [0.1, 0.15) is 78.1 Å². The molecule has 1 saturated heterocycles. The molecule has 2 aromatic heterocycles. The predicted octanol–water partition coefficient (Wildman–Crippen LogP) is -0.164. The number of unbranched alkanes of at least 4 members (excludes halogenated alkanes) is 8. The third kappa shape index (κ3) is 9.78. The molecule has 2 amide bonds. The van der Waals surface area contributed by atoms with Crippen molar-refractivity contribution in [3.8, 4) is 0 Å². The van der Waals surface area contributed by atoms with Crippen LogP contribution in [0.2, 0.25) is 0 Å². The molecule has 0 aliphatic carbocycles. The van der Waals surface area contributed by atoms with Gasteiger partial charge in [-0.05, 0) is 13.3 Å². The van der Waals surface area contributed by atoms with Gasteiger partial charge in [-0.2, -0.15) is 0 Å². The maximum Gasteiger partial charge on any atom is 0.245 e. The molecule has 1 fully saturated rings. The van der Waals surface area contributed by atoms with Crippen LogP contribution in [0.5, 0.6) is 0 Å². The lowest BCUT2D eigenvalue weighted by atomic mass is 9.91. The molecular weight excluding hydrogens is 562 g/mol. The summed E-state index contributed by atoms with van der Waals surface area (Å²) in [5, 5.41) is 60.1. The van der Waals surface area contributed by atoms with E-state index in [1.165, 1.54) is 51.7 Å². The monoisotopic (exact) mass is 609 g/mol. The summed E-state index contributed by atoms with van der Waals surface area (Å²) in [6.45, 7) is 2.74. The fourth-order valence-corrected chi connectivity index (χ4v) is 5.15. The van der Waals surface area contributed by atoms with Gasteiger partial charge >= 0.3 is 0 Å². The van der Waals surface area contributed by atoms with E-state index in [1.807, 2.05) is 0 Å². The molecule has 0 bridgehead atoms. The van der Waals surface area contributed by atoms with Gasteiger partial charge < -0.3 is 51.2 Å². The Hall–Kier alpha value is -2.95. The Balaban J connectivity index is 1.57. The number of imidazole rings is 1. The number of nitrogens with zero attached hydrogens (tertiary/aromatic N) is 3. The number of rotatable bonds is 18. The number of aromatic amines is 1. The Morgan fingerprint density at radius 3 is 2.33 bits per heavy atom. The Morgan fingerprint density at radius 1 is 1.00 bits per heavy atom. The molecule has 8 atom stereocenters. The third-order valence-electron chi connectivity index (χ3n) is 7.65. The van der Waals surface area contributed by atoms with Crippen molar-refractivity contribution in [2.75, 3.05) is 11.9 Å². The number of carbonyl (C=O) groups is 2. The summed E-state index contributed by atoms with van der Waals surface area (Å²) in [6, 6.07) is -2.77. The van der Waals surface area contributed by atoms with Crippen molar-refractivity contribution in [2.24, 2.45) is 0 Å². The van der Waals surface area contributed by atoms with Gasteiger partial charge in [0.05, 0.1) is 25.1 Å². The van der Waals surface area contributed by atoms with Crippen molar-refractivity contribution in [1.82, 2.24) is 30.6 Å². The van der Waals surface area contributed by atoms with Crippen molar-refractivity contribution in [2.45, 2.75) is 127 Å². The summed E-state index contributed by atoms with van der Waals surface area (Å²) in [4.78, 5) is 40.7. The van der Waals surface area contributed by atoms with Gasteiger partial charge in [0.25, 0.3) is 0 Å². The number of aliphatic hydroxyl groups is 5. The molecule has 242 valence electrons. The standard InChI is InChI=1S/C28H47N7O8/c1-3-4-5-6-7-8-9-10-11-12-18(39)33-19(16(2)37)27(42)34-20-22(40)23(41)28(43-24(20)17(38)13-36)35-26-21-25(30-14-29-21)31-15-32-26/h14-17,19-20,22-24,28,36-38,40-41H,3-13H2,1-2H3,(H,33,39)(H,34,42)(H2,29,30,31,32,35)/t16-,17+,19-,20+,22+,23+,24-,28-/m0/s1. The average molecular weight is 610 g/mol. The molecule has 1 aliphatic heterocycles. The van der Waals surface area contributed by atoms with Crippen LogP contribution in [0.3, 0.4) is 0 Å². The fraction of sp³-hybridized carbons (Fsp3) is 0.750. The number of ether oxygens (including phenoxy) is 1. The van der Waals surface area contributed by atoms with Crippen LogP contribution >= 0.6 is 0 Å². The van der Waals surface area contributed by atoms with Gasteiger partial charge in [0, 0.05) is 6.42 Å². The number of H-pyrrole nitrogens is 1. The van der Waals surface area contributed by atoms with Crippen LogP contribution in [-0.2, 0) is 14.3 Å². The van der Waals surface area contributed by atoms with Gasteiger partial charge in [-0.1, -0.05) is 58.3 Å². The van der Waals surface area contributed by atoms with Crippen molar-refractivity contribution in [1.29, 1.82) is 0 Å². The molecule has 0 unspecified atom stereocenters. The van der Waals surface area contributed by atoms with E-state index < -0.39 is 67.3 Å². The zero-order valence-corrected chi connectivity index (χ0v) is 24.9. The van der Waals surface area contributed by atoms with Crippen molar-refractivity contribution in [3.63, 3.8) is 0 Å². The van der Waals surface area contributed by atoms with Crippen LogP contribution in [0.4, 0.5) is 5.82 Å². The summed E-state index contributed by atoms with van der Waals surface area (Å²) >= 11 is 0. The number of hydrogen-bond donors (Lipinski definition) is 9. The molecule has 2 aromatic rings. The first kappa shape index (κ1) is 34.5. The predicted molar refractivity (Wildman–Crippen MR) is 156 cm³/mol. The van der Waals surface area contributed by atoms with Crippen molar-refractivity contribution >= 4 is 28.8 Å². The van der Waals surface area contributed by atoms with Gasteiger partial charge in [0.15, 0.2) is 17.7 Å². The van der Waals surface area contributed by atoms with Crippen LogP contribution in [0, 0.1) is 0 Å². The van der Waals surface area contributed by atoms with E-state index in [1.54, 1.807) is 0 Å². The van der Waals surface area contributed by atoms with Gasteiger partial charge in [-0.15, -0.1) is 0 Å². The molecule has 9 N–H and O–H groups in total. The average Bonchev–Trinajstić information content (AvgIpc) is 3.48. The Kier molecular flexibility index (Phi) is 14.0. The number of carbonyl (C=O) groups excluding carboxylic acids is 2. The first-order valence-electron chi connectivity index (χ1n) is 15.2. The topological polar surface area (TPSA) is 235 Å². The molecule has 43 heavy (non-hydrogen) atoms. The second-order valence-electron chi connectivity index (χ2n) is 11.1. The van der Waals surface area contributed by atoms with Crippen molar-refractivity contribution in [3.05, 3.63) is 12.7 Å². The molecule has 0 aromatic carbocycles. The van der Waals surface area contributed by atoms with Gasteiger partial charge in [0.2, 0.25) is 11.8 Å². The molecule has 3 rings (SSSR count). The second kappa shape index (κ2) is 17.4. The SMILES string of the molecule is CCCCCCCCCCCC(=O)N[C@H](C(=O)N[C@@H]1[C@@H](O)[C@@H](O)[C@@H](Nc2ncnc3nc[nH]c23)O[C@H]1[C@H](O)CO)[C@H](C)O. The minimum absolute atomic E-state index is 0.187. The Morgan fingerprint density at radius 2 is 1.67 bits per heavy atom. The third-order valence-corrected chi connectivity index (χ3v) is 7.65. The maximum absolute atomic E-state index is 13.2. The van der Waals surface area contributed by atoms with E-state index in [4.69, 9.17) is 4.74 Å². The lowest BCUT2D eigenvalue weighted by molar-refractivity contribution is -0.204. The number of amides is 2. The van der Waals surface area contributed by atoms with E-state index in [0.29, 0.717) is 17.6 Å². The van der Waals surface area contributed by atoms with Crippen molar-refractivity contribution < 1.29 is 39.9 Å². The van der Waals surface area contributed by atoms with Crippen LogP contribution in [0.15, 0.2) is 12.7 Å². The number of aliphatic hydroxyl groups excluding tert-OH is 5. The number of nitrogens with one attached hydrogen (secondary N) is 4. The molecule has 0 radical (unpaired) electrons. The normalized spacial score (nSPS) is 24.3. The van der Waals surface area contributed by atoms with E-state index >= 15 is 0 Å². The highest BCUT2D eigenvalue weighted by atomic mass is 16.5. The molecule has 1 aliphatic rings. The number of aromatic nitrogens is 4. The number of anilines is 1. The van der Waals surface area contributed by atoms with Gasteiger partial charge in [0.1, 0.15) is 42.3 Å². The Labute approximate surface area is 250 Å². The summed E-state index contributed by atoms with van der Waals surface area (Å²) < 4.78 is 5.81. The lowest BCUT2D eigenvalue weighted by Gasteiger charge is -2.45. The lowest BCUT2D eigenvalue weighted by Crippen LogP contribution is -2.69. The molecule has 15 heteroatoms. The summed E-state index contributed by atoms with van der Waals surface area (Å²) in [5.41, 5.74) is 0.741. The fourth-order valence-electron chi connectivity index (χ4n) is 5.15. The largest absolute Gasteiger partial charge is 0.394 e. The van der Waals surface area contributed by atoms with Crippen LogP contribution in [0.25, 0.3) is 11.2 Å². The smallest absolute Gasteiger partial charge is 0.245 e. The van der Waals surface area contributed by atoms with E-state index in [2.05, 4.69) is 42.8 Å². The minimum atomic E-state index is -1.69.